The molecule has 6 nitrogen and oxygen atoms in total. The van der Waals surface area contributed by atoms with E-state index in [-0.39, 0.29) is 0 Å². The van der Waals surface area contributed by atoms with Crippen molar-refractivity contribution in [3.05, 3.63) is 126 Å². The Morgan fingerprint density at radius 3 is 1.62 bits per heavy atom. The highest BCUT2D eigenvalue weighted by molar-refractivity contribution is 6.01. The lowest BCUT2D eigenvalue weighted by Gasteiger charge is -2.43. The van der Waals surface area contributed by atoms with Crippen LogP contribution in [0.3, 0.4) is 0 Å². The van der Waals surface area contributed by atoms with E-state index in [2.05, 4.69) is 15.3 Å². The highest BCUT2D eigenvalue weighted by atomic mass is 16.4. The standard InChI is InChI=1S/C28H27N3O3/c1-27(2,26(33)34)25(32)31-24(23-18-29-19-30-23)28(20-12-6-3-7-13-20,21-14-8-4-9-15-21)22-16-10-5-11-17-22/h3-19,24H,1-2H3,(H,29,30)(H,31,32)(H,33,34). The first-order valence-electron chi connectivity index (χ1n) is 11.1. The van der Waals surface area contributed by atoms with E-state index in [0.29, 0.717) is 5.69 Å². The van der Waals surface area contributed by atoms with Crippen molar-refractivity contribution >= 4 is 11.9 Å². The van der Waals surface area contributed by atoms with Crippen LogP contribution >= 0.6 is 0 Å². The summed E-state index contributed by atoms with van der Waals surface area (Å²) in [7, 11) is 0. The summed E-state index contributed by atoms with van der Waals surface area (Å²) in [4.78, 5) is 32.7. The number of nitrogens with one attached hydrogen (secondary N) is 2. The number of carboxylic acids is 1. The number of benzene rings is 3. The maximum atomic E-state index is 13.4. The highest BCUT2D eigenvalue weighted by Crippen LogP contribution is 2.48. The summed E-state index contributed by atoms with van der Waals surface area (Å²) in [6.07, 6.45) is 3.23. The largest absolute Gasteiger partial charge is 0.480 e. The van der Waals surface area contributed by atoms with Crippen LogP contribution in [-0.4, -0.2) is 27.0 Å². The van der Waals surface area contributed by atoms with Crippen molar-refractivity contribution in [3.63, 3.8) is 0 Å². The molecule has 0 saturated carbocycles. The van der Waals surface area contributed by atoms with E-state index < -0.39 is 28.7 Å². The number of aromatic amines is 1. The van der Waals surface area contributed by atoms with Gasteiger partial charge in [-0.2, -0.15) is 0 Å². The third-order valence-electron chi connectivity index (χ3n) is 6.33. The Bertz CT molecular complexity index is 1140. The van der Waals surface area contributed by atoms with Crippen molar-refractivity contribution in [2.75, 3.05) is 0 Å². The lowest BCUT2D eigenvalue weighted by atomic mass is 9.63. The van der Waals surface area contributed by atoms with Gasteiger partial charge in [-0.05, 0) is 30.5 Å². The first-order chi connectivity index (χ1) is 16.4. The van der Waals surface area contributed by atoms with E-state index in [1.807, 2.05) is 91.0 Å². The van der Waals surface area contributed by atoms with Crippen molar-refractivity contribution in [2.24, 2.45) is 5.41 Å². The Labute approximate surface area is 198 Å². The average Bonchev–Trinajstić information content (AvgIpc) is 3.40. The molecule has 0 fully saturated rings. The third kappa shape index (κ3) is 3.99. The van der Waals surface area contributed by atoms with Crippen molar-refractivity contribution in [3.8, 4) is 0 Å². The van der Waals surface area contributed by atoms with Gasteiger partial charge in [0, 0.05) is 0 Å². The Kier molecular flexibility index (Phi) is 6.32. The van der Waals surface area contributed by atoms with E-state index >= 15 is 0 Å². The smallest absolute Gasteiger partial charge is 0.318 e. The van der Waals surface area contributed by atoms with Gasteiger partial charge in [-0.3, -0.25) is 9.59 Å². The van der Waals surface area contributed by atoms with Crippen LogP contribution in [-0.2, 0) is 15.0 Å². The summed E-state index contributed by atoms with van der Waals surface area (Å²) in [5, 5.41) is 12.8. The van der Waals surface area contributed by atoms with Gasteiger partial charge in [0.2, 0.25) is 5.91 Å². The second-order valence-electron chi connectivity index (χ2n) is 8.75. The second kappa shape index (κ2) is 9.35. The average molecular weight is 454 g/mol. The summed E-state index contributed by atoms with van der Waals surface area (Å²) < 4.78 is 0. The molecule has 1 aromatic heterocycles. The molecular weight excluding hydrogens is 426 g/mol. The monoisotopic (exact) mass is 453 g/mol. The maximum absolute atomic E-state index is 13.4. The molecule has 0 saturated heterocycles. The number of aliphatic carboxylic acids is 1. The first kappa shape index (κ1) is 23.0. The van der Waals surface area contributed by atoms with Crippen LogP contribution in [0.1, 0.15) is 42.3 Å². The molecule has 0 aliphatic carbocycles. The Morgan fingerprint density at radius 1 is 0.824 bits per heavy atom. The Morgan fingerprint density at radius 2 is 1.26 bits per heavy atom. The molecule has 0 aliphatic rings. The molecule has 0 radical (unpaired) electrons. The van der Waals surface area contributed by atoms with Crippen LogP contribution in [0.2, 0.25) is 0 Å². The van der Waals surface area contributed by atoms with Gasteiger partial charge < -0.3 is 15.4 Å². The highest BCUT2D eigenvalue weighted by Gasteiger charge is 2.48. The molecule has 1 amide bonds. The summed E-state index contributed by atoms with van der Waals surface area (Å²) in [6.45, 7) is 2.81. The van der Waals surface area contributed by atoms with Crippen molar-refractivity contribution < 1.29 is 14.7 Å². The van der Waals surface area contributed by atoms with Crippen molar-refractivity contribution in [2.45, 2.75) is 25.3 Å². The summed E-state index contributed by atoms with van der Waals surface area (Å²) in [6, 6.07) is 29.1. The molecule has 3 aromatic carbocycles. The van der Waals surface area contributed by atoms with Gasteiger partial charge in [0.1, 0.15) is 5.41 Å². The topological polar surface area (TPSA) is 95.1 Å². The van der Waals surface area contributed by atoms with E-state index in [9.17, 15) is 14.7 Å². The number of nitrogens with zero attached hydrogens (tertiary/aromatic N) is 1. The molecular formula is C28H27N3O3. The van der Waals surface area contributed by atoms with Gasteiger partial charge in [0.15, 0.2) is 0 Å². The molecule has 0 aliphatic heterocycles. The van der Waals surface area contributed by atoms with Crippen molar-refractivity contribution in [1.82, 2.24) is 15.3 Å². The minimum Gasteiger partial charge on any atom is -0.480 e. The summed E-state index contributed by atoms with van der Waals surface area (Å²) in [5.74, 6) is -1.79. The van der Waals surface area contributed by atoms with E-state index in [4.69, 9.17) is 0 Å². The number of amides is 1. The van der Waals surface area contributed by atoms with Crippen molar-refractivity contribution in [1.29, 1.82) is 0 Å². The number of H-pyrrole nitrogens is 1. The van der Waals surface area contributed by atoms with Crippen LogP contribution in [0.25, 0.3) is 0 Å². The normalized spacial score (nSPS) is 12.6. The van der Waals surface area contributed by atoms with E-state index in [0.717, 1.165) is 16.7 Å². The zero-order chi connectivity index (χ0) is 24.2. The van der Waals surface area contributed by atoms with Gasteiger partial charge in [-0.1, -0.05) is 91.0 Å². The second-order valence-corrected chi connectivity index (χ2v) is 8.75. The van der Waals surface area contributed by atoms with Crippen LogP contribution in [0.15, 0.2) is 104 Å². The minimum absolute atomic E-state index is 0.591. The van der Waals surface area contributed by atoms with Gasteiger partial charge in [-0.15, -0.1) is 0 Å². The predicted octanol–water partition coefficient (Wildman–Crippen LogP) is 4.71. The number of carbonyl (C=O) groups is 2. The van der Waals surface area contributed by atoms with Crippen LogP contribution in [0, 0.1) is 5.41 Å². The fourth-order valence-corrected chi connectivity index (χ4v) is 4.36. The van der Waals surface area contributed by atoms with Gasteiger partial charge in [0.25, 0.3) is 0 Å². The van der Waals surface area contributed by atoms with Crippen LogP contribution in [0.5, 0.6) is 0 Å². The Balaban J connectivity index is 2.06. The molecule has 4 aromatic rings. The fourth-order valence-electron chi connectivity index (χ4n) is 4.36. The van der Waals surface area contributed by atoms with E-state index in [1.54, 1.807) is 12.5 Å². The van der Waals surface area contributed by atoms with Gasteiger partial charge in [-0.25, -0.2) is 4.98 Å². The molecule has 3 N–H and O–H groups in total. The number of hydrogen-bond acceptors (Lipinski definition) is 3. The van der Waals surface area contributed by atoms with Crippen LogP contribution < -0.4 is 5.32 Å². The first-order valence-corrected chi connectivity index (χ1v) is 11.1. The molecule has 1 atom stereocenters. The molecule has 0 spiro atoms. The molecule has 6 heteroatoms. The summed E-state index contributed by atoms with van der Waals surface area (Å²) >= 11 is 0. The number of hydrogen-bond donors (Lipinski definition) is 3. The molecule has 0 bridgehead atoms. The third-order valence-corrected chi connectivity index (χ3v) is 6.33. The van der Waals surface area contributed by atoms with Crippen LogP contribution in [0.4, 0.5) is 0 Å². The summed E-state index contributed by atoms with van der Waals surface area (Å²) in [5.41, 5.74) is 0.974. The van der Waals surface area contributed by atoms with Gasteiger partial charge in [0.05, 0.1) is 29.7 Å². The number of rotatable bonds is 8. The zero-order valence-electron chi connectivity index (χ0n) is 19.1. The molecule has 34 heavy (non-hydrogen) atoms. The number of aromatic nitrogens is 2. The molecule has 172 valence electrons. The fraction of sp³-hybridized carbons (Fsp3) is 0.179. The number of carbonyl (C=O) groups excluding carboxylic acids is 1. The Hall–Kier alpha value is -4.19. The quantitative estimate of drug-likeness (QED) is 0.266. The maximum Gasteiger partial charge on any atom is 0.318 e. The zero-order valence-corrected chi connectivity index (χ0v) is 19.1. The lowest BCUT2D eigenvalue weighted by molar-refractivity contribution is -0.153. The molecule has 4 rings (SSSR count). The minimum atomic E-state index is -1.63. The predicted molar refractivity (Wildman–Crippen MR) is 130 cm³/mol. The van der Waals surface area contributed by atoms with Gasteiger partial charge >= 0.3 is 5.97 Å². The van der Waals surface area contributed by atoms with E-state index in [1.165, 1.54) is 13.8 Å². The SMILES string of the molecule is CC(C)(C(=O)O)C(=O)NC(c1cnc[nH]1)C(c1ccccc1)(c1ccccc1)c1ccccc1. The molecule has 1 unspecified atom stereocenters. The lowest BCUT2D eigenvalue weighted by Crippen LogP contribution is -2.51. The molecule has 1 heterocycles. The number of carboxylic acid groups (broad SMARTS) is 1. The number of imidazole rings is 1.